The van der Waals surface area contributed by atoms with E-state index in [0.29, 0.717) is 33.8 Å². The summed E-state index contributed by atoms with van der Waals surface area (Å²) in [5.41, 5.74) is 1.12. The summed E-state index contributed by atoms with van der Waals surface area (Å²) in [4.78, 5) is 22.7. The smallest absolute Gasteiger partial charge is 0.262 e. The molecule has 1 amide bonds. The molecule has 2 rings (SSSR count). The Bertz CT molecular complexity index is 703. The van der Waals surface area contributed by atoms with Gasteiger partial charge in [0, 0.05) is 5.56 Å². The van der Waals surface area contributed by atoms with Gasteiger partial charge in [0.1, 0.15) is 17.8 Å². The molecule has 0 aliphatic carbocycles. The first-order valence-corrected chi connectivity index (χ1v) is 7.82. The van der Waals surface area contributed by atoms with Gasteiger partial charge in [0.2, 0.25) is 0 Å². The monoisotopic (exact) mass is 377 g/mol. The molecular weight excluding hydrogens is 362 g/mol. The fourth-order valence-electron chi connectivity index (χ4n) is 1.89. The van der Waals surface area contributed by atoms with Crippen molar-refractivity contribution in [2.24, 2.45) is 0 Å². The standard InChI is InChI=1S/C17H16BrNO4/c1-2-22-16-6-4-3-5-14(16)19-17(21)11-23-15-8-7-12(10-20)9-13(15)18/h3-10H,2,11H2,1H3,(H,19,21). The molecule has 0 bridgehead atoms. The van der Waals surface area contributed by atoms with Crippen LogP contribution >= 0.6 is 15.9 Å². The molecule has 0 radical (unpaired) electrons. The van der Waals surface area contributed by atoms with Crippen molar-refractivity contribution in [3.8, 4) is 11.5 Å². The molecule has 1 N–H and O–H groups in total. The second-order valence-corrected chi connectivity index (χ2v) is 5.43. The molecule has 23 heavy (non-hydrogen) atoms. The number of nitrogens with one attached hydrogen (secondary N) is 1. The fourth-order valence-corrected chi connectivity index (χ4v) is 2.40. The maximum atomic E-state index is 12.0. The summed E-state index contributed by atoms with van der Waals surface area (Å²) in [6, 6.07) is 12.1. The lowest BCUT2D eigenvalue weighted by Crippen LogP contribution is -2.20. The second-order valence-electron chi connectivity index (χ2n) is 4.57. The van der Waals surface area contributed by atoms with Crippen molar-refractivity contribution in [3.63, 3.8) is 0 Å². The van der Waals surface area contributed by atoms with Crippen molar-refractivity contribution < 1.29 is 19.1 Å². The number of benzene rings is 2. The molecule has 0 aromatic heterocycles. The lowest BCUT2D eigenvalue weighted by atomic mass is 10.2. The van der Waals surface area contributed by atoms with E-state index in [1.165, 1.54) is 0 Å². The van der Waals surface area contributed by atoms with Crippen molar-refractivity contribution in [1.82, 2.24) is 0 Å². The van der Waals surface area contributed by atoms with E-state index in [1.807, 2.05) is 19.1 Å². The highest BCUT2D eigenvalue weighted by atomic mass is 79.9. The van der Waals surface area contributed by atoms with Crippen LogP contribution in [0.15, 0.2) is 46.9 Å². The number of para-hydroxylation sites is 2. The minimum Gasteiger partial charge on any atom is -0.492 e. The second kappa shape index (κ2) is 8.33. The van der Waals surface area contributed by atoms with Gasteiger partial charge in [-0.1, -0.05) is 12.1 Å². The van der Waals surface area contributed by atoms with Crippen LogP contribution in [0, 0.1) is 0 Å². The van der Waals surface area contributed by atoms with Gasteiger partial charge in [-0.3, -0.25) is 9.59 Å². The van der Waals surface area contributed by atoms with Crippen LogP contribution in [0.2, 0.25) is 0 Å². The Kier molecular flexibility index (Phi) is 6.17. The minimum atomic E-state index is -0.302. The van der Waals surface area contributed by atoms with Crippen LogP contribution in [0.4, 0.5) is 5.69 Å². The molecule has 0 atom stereocenters. The zero-order chi connectivity index (χ0) is 16.7. The van der Waals surface area contributed by atoms with Crippen LogP contribution in [0.25, 0.3) is 0 Å². The average Bonchev–Trinajstić information content (AvgIpc) is 2.55. The predicted molar refractivity (Wildman–Crippen MR) is 91.3 cm³/mol. The third-order valence-corrected chi connectivity index (χ3v) is 3.53. The highest BCUT2D eigenvalue weighted by Crippen LogP contribution is 2.26. The van der Waals surface area contributed by atoms with E-state index in [2.05, 4.69) is 21.2 Å². The molecule has 0 heterocycles. The highest BCUT2D eigenvalue weighted by molar-refractivity contribution is 9.10. The molecular formula is C17H16BrNO4. The molecule has 0 spiro atoms. The van der Waals surface area contributed by atoms with Gasteiger partial charge in [0.05, 0.1) is 16.8 Å². The summed E-state index contributed by atoms with van der Waals surface area (Å²) in [6.07, 6.45) is 0.742. The van der Waals surface area contributed by atoms with Gasteiger partial charge in [-0.25, -0.2) is 0 Å². The largest absolute Gasteiger partial charge is 0.492 e. The molecule has 6 heteroatoms. The van der Waals surface area contributed by atoms with Crippen LogP contribution in [-0.2, 0) is 4.79 Å². The number of hydrogen-bond donors (Lipinski definition) is 1. The summed E-state index contributed by atoms with van der Waals surface area (Å²) >= 11 is 3.30. The van der Waals surface area contributed by atoms with Crippen molar-refractivity contribution in [2.75, 3.05) is 18.5 Å². The Hall–Kier alpha value is -2.34. The summed E-state index contributed by atoms with van der Waals surface area (Å²) < 4.78 is 11.5. The van der Waals surface area contributed by atoms with Crippen molar-refractivity contribution >= 4 is 33.8 Å². The summed E-state index contributed by atoms with van der Waals surface area (Å²) in [5.74, 6) is 0.798. The van der Waals surface area contributed by atoms with Crippen LogP contribution in [0.1, 0.15) is 17.3 Å². The number of anilines is 1. The van der Waals surface area contributed by atoms with Gasteiger partial charge in [0.25, 0.3) is 5.91 Å². The third kappa shape index (κ3) is 4.82. The Labute approximate surface area is 142 Å². The van der Waals surface area contributed by atoms with Gasteiger partial charge >= 0.3 is 0 Å². The van der Waals surface area contributed by atoms with Gasteiger partial charge < -0.3 is 14.8 Å². The summed E-state index contributed by atoms with van der Waals surface area (Å²) in [6.45, 7) is 2.24. The van der Waals surface area contributed by atoms with E-state index in [0.717, 1.165) is 6.29 Å². The normalized spacial score (nSPS) is 10.0. The molecule has 2 aromatic rings. The molecule has 0 unspecified atom stereocenters. The molecule has 0 fully saturated rings. The number of halogens is 1. The zero-order valence-electron chi connectivity index (χ0n) is 12.5. The topological polar surface area (TPSA) is 64.6 Å². The molecule has 0 saturated heterocycles. The van der Waals surface area contributed by atoms with Gasteiger partial charge in [0.15, 0.2) is 6.61 Å². The van der Waals surface area contributed by atoms with E-state index in [-0.39, 0.29) is 12.5 Å². The highest BCUT2D eigenvalue weighted by Gasteiger charge is 2.09. The molecule has 0 aliphatic heterocycles. The Morgan fingerprint density at radius 2 is 1.96 bits per heavy atom. The average molecular weight is 378 g/mol. The maximum absolute atomic E-state index is 12.0. The molecule has 120 valence electrons. The number of hydrogen-bond acceptors (Lipinski definition) is 4. The van der Waals surface area contributed by atoms with Crippen LogP contribution in [-0.4, -0.2) is 25.4 Å². The van der Waals surface area contributed by atoms with Gasteiger partial charge in [-0.2, -0.15) is 0 Å². The number of carbonyl (C=O) groups is 2. The SMILES string of the molecule is CCOc1ccccc1NC(=O)COc1ccc(C=O)cc1Br. The van der Waals surface area contributed by atoms with E-state index in [9.17, 15) is 9.59 Å². The first kappa shape index (κ1) is 17.0. The summed E-state index contributed by atoms with van der Waals surface area (Å²) in [5, 5.41) is 2.75. The molecule has 5 nitrogen and oxygen atoms in total. The van der Waals surface area contributed by atoms with Gasteiger partial charge in [-0.05, 0) is 53.2 Å². The Balaban J connectivity index is 1.97. The van der Waals surface area contributed by atoms with E-state index >= 15 is 0 Å². The van der Waals surface area contributed by atoms with Gasteiger partial charge in [-0.15, -0.1) is 0 Å². The van der Waals surface area contributed by atoms with E-state index < -0.39 is 0 Å². The first-order valence-electron chi connectivity index (χ1n) is 7.03. The Morgan fingerprint density at radius 3 is 2.65 bits per heavy atom. The van der Waals surface area contributed by atoms with Crippen LogP contribution in [0.3, 0.4) is 0 Å². The number of rotatable bonds is 7. The Morgan fingerprint density at radius 1 is 1.17 bits per heavy atom. The third-order valence-electron chi connectivity index (χ3n) is 2.91. The van der Waals surface area contributed by atoms with E-state index in [1.54, 1.807) is 30.3 Å². The number of amides is 1. The van der Waals surface area contributed by atoms with Crippen molar-refractivity contribution in [3.05, 3.63) is 52.5 Å². The molecule has 0 saturated carbocycles. The van der Waals surface area contributed by atoms with E-state index in [4.69, 9.17) is 9.47 Å². The van der Waals surface area contributed by atoms with Crippen molar-refractivity contribution in [1.29, 1.82) is 0 Å². The van der Waals surface area contributed by atoms with Crippen molar-refractivity contribution in [2.45, 2.75) is 6.92 Å². The zero-order valence-corrected chi connectivity index (χ0v) is 14.1. The fraction of sp³-hybridized carbons (Fsp3) is 0.176. The van der Waals surface area contributed by atoms with Crippen LogP contribution in [0.5, 0.6) is 11.5 Å². The first-order chi connectivity index (χ1) is 11.1. The minimum absolute atomic E-state index is 0.153. The quantitative estimate of drug-likeness (QED) is 0.747. The summed E-state index contributed by atoms with van der Waals surface area (Å²) in [7, 11) is 0. The molecule has 0 aliphatic rings. The molecule has 2 aromatic carbocycles. The number of aldehydes is 1. The predicted octanol–water partition coefficient (Wildman–Crippen LogP) is 3.68. The number of ether oxygens (including phenoxy) is 2. The number of carbonyl (C=O) groups excluding carboxylic acids is 2. The maximum Gasteiger partial charge on any atom is 0.262 e. The lowest BCUT2D eigenvalue weighted by Gasteiger charge is -2.12. The lowest BCUT2D eigenvalue weighted by molar-refractivity contribution is -0.118. The van der Waals surface area contributed by atoms with Crippen LogP contribution < -0.4 is 14.8 Å².